The van der Waals surface area contributed by atoms with Crippen LogP contribution in [0.25, 0.3) is 0 Å². The van der Waals surface area contributed by atoms with Crippen molar-refractivity contribution >= 4 is 0 Å². The first-order valence-corrected chi connectivity index (χ1v) is 7.28. The Morgan fingerprint density at radius 2 is 1.75 bits per heavy atom. The van der Waals surface area contributed by atoms with Gasteiger partial charge in [0.05, 0.1) is 0 Å². The summed E-state index contributed by atoms with van der Waals surface area (Å²) in [5.74, 6) is 2.19. The molecular weight excluding hydrogens is 194 g/mol. The lowest BCUT2D eigenvalue weighted by atomic mass is 9.82. The summed E-state index contributed by atoms with van der Waals surface area (Å²) in [6, 6.07) is 0.835. The molecule has 94 valence electrons. The van der Waals surface area contributed by atoms with Crippen LogP contribution in [0.3, 0.4) is 0 Å². The van der Waals surface area contributed by atoms with Gasteiger partial charge in [-0.15, -0.1) is 0 Å². The molecular formula is C15H29N. The van der Waals surface area contributed by atoms with Crippen molar-refractivity contribution < 1.29 is 0 Å². The number of rotatable bonds is 4. The van der Waals surface area contributed by atoms with Crippen molar-refractivity contribution in [2.45, 2.75) is 71.8 Å². The molecule has 0 radical (unpaired) electrons. The molecule has 1 N–H and O–H groups in total. The van der Waals surface area contributed by atoms with Gasteiger partial charge in [-0.1, -0.05) is 33.6 Å². The monoisotopic (exact) mass is 223 g/mol. The predicted octanol–water partition coefficient (Wildman–Crippen LogP) is 3.98. The predicted molar refractivity (Wildman–Crippen MR) is 70.5 cm³/mol. The van der Waals surface area contributed by atoms with Gasteiger partial charge in [-0.05, 0) is 55.9 Å². The Morgan fingerprint density at radius 1 is 1.00 bits per heavy atom. The molecule has 0 bridgehead atoms. The van der Waals surface area contributed by atoms with Crippen LogP contribution in [-0.4, -0.2) is 12.6 Å². The molecule has 2 saturated carbocycles. The molecule has 0 spiro atoms. The minimum Gasteiger partial charge on any atom is -0.314 e. The Balaban J connectivity index is 1.65. The van der Waals surface area contributed by atoms with Gasteiger partial charge in [0.25, 0.3) is 0 Å². The van der Waals surface area contributed by atoms with Gasteiger partial charge >= 0.3 is 0 Å². The Hall–Kier alpha value is -0.0400. The molecule has 1 nitrogen and oxygen atoms in total. The second-order valence-electron chi connectivity index (χ2n) is 7.23. The van der Waals surface area contributed by atoms with E-state index in [0.29, 0.717) is 5.41 Å². The summed E-state index contributed by atoms with van der Waals surface area (Å²) in [4.78, 5) is 0. The van der Waals surface area contributed by atoms with Gasteiger partial charge in [0, 0.05) is 6.04 Å². The van der Waals surface area contributed by atoms with Crippen LogP contribution in [0.4, 0.5) is 0 Å². The third-order valence-electron chi connectivity index (χ3n) is 4.31. The zero-order chi connectivity index (χ0) is 11.6. The molecule has 0 saturated heterocycles. The van der Waals surface area contributed by atoms with Gasteiger partial charge in [-0.25, -0.2) is 0 Å². The zero-order valence-corrected chi connectivity index (χ0v) is 11.4. The zero-order valence-electron chi connectivity index (χ0n) is 11.4. The molecule has 0 aromatic carbocycles. The van der Waals surface area contributed by atoms with Crippen LogP contribution in [0.5, 0.6) is 0 Å². The highest BCUT2D eigenvalue weighted by Crippen LogP contribution is 2.43. The largest absolute Gasteiger partial charge is 0.314 e. The van der Waals surface area contributed by atoms with Gasteiger partial charge < -0.3 is 5.32 Å². The number of nitrogens with one attached hydrogen (secondary N) is 1. The maximum atomic E-state index is 3.79. The van der Waals surface area contributed by atoms with Crippen LogP contribution in [0, 0.1) is 17.3 Å². The summed E-state index contributed by atoms with van der Waals surface area (Å²) < 4.78 is 0. The summed E-state index contributed by atoms with van der Waals surface area (Å²) in [6.07, 6.45) is 10.2. The average molecular weight is 223 g/mol. The molecule has 2 fully saturated rings. The van der Waals surface area contributed by atoms with E-state index in [1.807, 2.05) is 0 Å². The first-order valence-electron chi connectivity index (χ1n) is 7.28. The maximum absolute atomic E-state index is 3.79. The van der Waals surface area contributed by atoms with Crippen LogP contribution in [0.15, 0.2) is 0 Å². The molecule has 2 unspecified atom stereocenters. The van der Waals surface area contributed by atoms with Crippen molar-refractivity contribution in [3.8, 4) is 0 Å². The fourth-order valence-corrected chi connectivity index (χ4v) is 3.06. The third kappa shape index (κ3) is 4.08. The molecule has 0 aromatic rings. The van der Waals surface area contributed by atoms with E-state index in [9.17, 15) is 0 Å². The summed E-state index contributed by atoms with van der Waals surface area (Å²) >= 11 is 0. The fraction of sp³-hybridized carbons (Fsp3) is 1.00. The number of hydrogen-bond acceptors (Lipinski definition) is 1. The van der Waals surface area contributed by atoms with Crippen molar-refractivity contribution in [2.75, 3.05) is 6.54 Å². The minimum atomic E-state index is 0.484. The van der Waals surface area contributed by atoms with Gasteiger partial charge in [0.1, 0.15) is 0 Å². The van der Waals surface area contributed by atoms with Crippen LogP contribution in [-0.2, 0) is 0 Å². The van der Waals surface area contributed by atoms with Crippen molar-refractivity contribution in [1.29, 1.82) is 0 Å². The molecule has 0 aromatic heterocycles. The highest BCUT2D eigenvalue weighted by atomic mass is 14.9. The molecule has 0 aliphatic heterocycles. The quantitative estimate of drug-likeness (QED) is 0.760. The van der Waals surface area contributed by atoms with Crippen LogP contribution in [0.2, 0.25) is 0 Å². The molecule has 2 atom stereocenters. The van der Waals surface area contributed by atoms with Crippen LogP contribution in [0.1, 0.15) is 65.7 Å². The van der Waals surface area contributed by atoms with Crippen molar-refractivity contribution in [3.63, 3.8) is 0 Å². The highest BCUT2D eigenvalue weighted by molar-refractivity contribution is 4.87. The molecule has 0 heterocycles. The van der Waals surface area contributed by atoms with Crippen molar-refractivity contribution in [3.05, 3.63) is 0 Å². The minimum absolute atomic E-state index is 0.484. The summed E-state index contributed by atoms with van der Waals surface area (Å²) in [7, 11) is 0. The topological polar surface area (TPSA) is 12.0 Å². The van der Waals surface area contributed by atoms with E-state index < -0.39 is 0 Å². The average Bonchev–Trinajstić information content (AvgIpc) is 2.99. The smallest absolute Gasteiger partial charge is 0.00698 e. The van der Waals surface area contributed by atoms with Gasteiger partial charge in [-0.3, -0.25) is 0 Å². The summed E-state index contributed by atoms with van der Waals surface area (Å²) in [5, 5.41) is 3.79. The van der Waals surface area contributed by atoms with E-state index in [1.165, 1.54) is 51.5 Å². The standard InChI is InChI=1S/C15H29N/c1-15(2,3)9-10-16-14-6-4-5-13(11-14)12-7-8-12/h12-14,16H,4-11H2,1-3H3. The normalized spacial score (nSPS) is 31.7. The number of hydrogen-bond donors (Lipinski definition) is 1. The van der Waals surface area contributed by atoms with Gasteiger partial charge in [0.15, 0.2) is 0 Å². The van der Waals surface area contributed by atoms with Crippen LogP contribution < -0.4 is 5.32 Å². The first-order chi connectivity index (χ1) is 7.54. The molecule has 1 heteroatoms. The molecule has 0 amide bonds. The highest BCUT2D eigenvalue weighted by Gasteiger charge is 2.34. The van der Waals surface area contributed by atoms with Crippen molar-refractivity contribution in [1.82, 2.24) is 5.32 Å². The fourth-order valence-electron chi connectivity index (χ4n) is 3.06. The lowest BCUT2D eigenvalue weighted by Gasteiger charge is -2.31. The lowest BCUT2D eigenvalue weighted by Crippen LogP contribution is -2.36. The molecule has 16 heavy (non-hydrogen) atoms. The Kier molecular flexibility index (Phi) is 3.94. The van der Waals surface area contributed by atoms with E-state index in [0.717, 1.165) is 17.9 Å². The Bertz CT molecular complexity index is 212. The second kappa shape index (κ2) is 5.08. The molecule has 2 rings (SSSR count). The summed E-state index contributed by atoms with van der Waals surface area (Å²) in [5.41, 5.74) is 0.484. The van der Waals surface area contributed by atoms with Crippen LogP contribution >= 0.6 is 0 Å². The first kappa shape index (κ1) is 12.4. The summed E-state index contributed by atoms with van der Waals surface area (Å²) in [6.45, 7) is 8.22. The Labute approximate surface area is 101 Å². The molecule has 2 aliphatic carbocycles. The van der Waals surface area contributed by atoms with Gasteiger partial charge in [0.2, 0.25) is 0 Å². The van der Waals surface area contributed by atoms with E-state index in [4.69, 9.17) is 0 Å². The molecule has 2 aliphatic rings. The third-order valence-corrected chi connectivity index (χ3v) is 4.31. The lowest BCUT2D eigenvalue weighted by molar-refractivity contribution is 0.251. The van der Waals surface area contributed by atoms with Gasteiger partial charge in [-0.2, -0.15) is 0 Å². The maximum Gasteiger partial charge on any atom is 0.00698 e. The van der Waals surface area contributed by atoms with E-state index in [1.54, 1.807) is 0 Å². The SMILES string of the molecule is CC(C)(C)CCNC1CCCC(C2CC2)C1. The Morgan fingerprint density at radius 3 is 2.38 bits per heavy atom. The van der Waals surface area contributed by atoms with E-state index in [2.05, 4.69) is 26.1 Å². The van der Waals surface area contributed by atoms with Crippen molar-refractivity contribution in [2.24, 2.45) is 17.3 Å². The van der Waals surface area contributed by atoms with E-state index >= 15 is 0 Å². The van der Waals surface area contributed by atoms with E-state index in [-0.39, 0.29) is 0 Å². The second-order valence-corrected chi connectivity index (χ2v) is 7.23.